The van der Waals surface area contributed by atoms with Crippen LogP contribution in [-0.4, -0.2) is 36.6 Å². The smallest absolute Gasteiger partial charge is 0.105 e. The summed E-state index contributed by atoms with van der Waals surface area (Å²) >= 11 is 0. The predicted octanol–water partition coefficient (Wildman–Crippen LogP) is 1.68. The van der Waals surface area contributed by atoms with Crippen LogP contribution >= 0.6 is 0 Å². The summed E-state index contributed by atoms with van der Waals surface area (Å²) in [6.45, 7) is 6.99. The summed E-state index contributed by atoms with van der Waals surface area (Å²) < 4.78 is 11.3. The molecule has 1 N–H and O–H groups in total. The van der Waals surface area contributed by atoms with Crippen molar-refractivity contribution in [3.8, 4) is 0 Å². The Kier molecular flexibility index (Phi) is 5.02. The van der Waals surface area contributed by atoms with Crippen LogP contribution in [0.2, 0.25) is 0 Å². The average Bonchev–Trinajstić information content (AvgIpc) is 2.66. The van der Waals surface area contributed by atoms with Gasteiger partial charge in [-0.15, -0.1) is 6.58 Å². The standard InChI is InChI=1S/C12H20O3/c1-3-9-14-11(6-4-8-13)12(2)7-5-10-15-12/h3-4,6,11,13H,1,5,7-10H2,2H3/b6-4+. The van der Waals surface area contributed by atoms with Gasteiger partial charge in [0.1, 0.15) is 6.10 Å². The topological polar surface area (TPSA) is 38.7 Å². The molecule has 3 nitrogen and oxygen atoms in total. The summed E-state index contributed by atoms with van der Waals surface area (Å²) in [6, 6.07) is 0. The van der Waals surface area contributed by atoms with Gasteiger partial charge in [-0.3, -0.25) is 0 Å². The third-order valence-electron chi connectivity index (χ3n) is 2.66. The van der Waals surface area contributed by atoms with E-state index in [1.807, 2.05) is 6.08 Å². The van der Waals surface area contributed by atoms with Gasteiger partial charge < -0.3 is 14.6 Å². The highest BCUT2D eigenvalue weighted by Gasteiger charge is 2.37. The summed E-state index contributed by atoms with van der Waals surface area (Å²) in [6.07, 6.45) is 7.24. The van der Waals surface area contributed by atoms with Gasteiger partial charge in [0.05, 0.1) is 18.8 Å². The largest absolute Gasteiger partial charge is 0.392 e. The van der Waals surface area contributed by atoms with Crippen molar-refractivity contribution >= 4 is 0 Å². The fourth-order valence-electron chi connectivity index (χ4n) is 1.82. The second-order valence-electron chi connectivity index (χ2n) is 3.92. The van der Waals surface area contributed by atoms with Crippen molar-refractivity contribution in [2.24, 2.45) is 0 Å². The van der Waals surface area contributed by atoms with Crippen LogP contribution in [0.25, 0.3) is 0 Å². The van der Waals surface area contributed by atoms with Crippen LogP contribution in [0.4, 0.5) is 0 Å². The number of hydrogen-bond acceptors (Lipinski definition) is 3. The van der Waals surface area contributed by atoms with E-state index in [-0.39, 0.29) is 18.3 Å². The maximum atomic E-state index is 8.76. The van der Waals surface area contributed by atoms with E-state index in [0.29, 0.717) is 6.61 Å². The van der Waals surface area contributed by atoms with Gasteiger partial charge in [0, 0.05) is 6.61 Å². The van der Waals surface area contributed by atoms with Crippen LogP contribution in [-0.2, 0) is 9.47 Å². The van der Waals surface area contributed by atoms with Crippen molar-refractivity contribution in [3.63, 3.8) is 0 Å². The van der Waals surface area contributed by atoms with Crippen LogP contribution in [0.15, 0.2) is 24.8 Å². The Bertz CT molecular complexity index is 217. The predicted molar refractivity (Wildman–Crippen MR) is 59.8 cm³/mol. The Hall–Kier alpha value is -0.640. The Balaban J connectivity index is 2.60. The van der Waals surface area contributed by atoms with E-state index in [9.17, 15) is 0 Å². The van der Waals surface area contributed by atoms with E-state index in [0.717, 1.165) is 19.4 Å². The molecule has 2 atom stereocenters. The second-order valence-corrected chi connectivity index (χ2v) is 3.92. The van der Waals surface area contributed by atoms with Crippen molar-refractivity contribution in [2.45, 2.75) is 31.5 Å². The Morgan fingerprint density at radius 1 is 1.67 bits per heavy atom. The SMILES string of the molecule is C=CCOC(/C=C/CO)C1(C)CCCO1. The molecule has 0 aliphatic carbocycles. The molecule has 1 rings (SSSR count). The zero-order valence-electron chi connectivity index (χ0n) is 9.32. The van der Waals surface area contributed by atoms with Gasteiger partial charge in [0.2, 0.25) is 0 Å². The molecular weight excluding hydrogens is 192 g/mol. The van der Waals surface area contributed by atoms with Gasteiger partial charge >= 0.3 is 0 Å². The molecule has 1 aliphatic heterocycles. The molecule has 0 amide bonds. The van der Waals surface area contributed by atoms with Gasteiger partial charge in [-0.05, 0) is 19.8 Å². The normalized spacial score (nSPS) is 28.4. The van der Waals surface area contributed by atoms with E-state index < -0.39 is 0 Å². The van der Waals surface area contributed by atoms with E-state index in [1.165, 1.54) is 0 Å². The number of aliphatic hydroxyl groups excluding tert-OH is 1. The minimum atomic E-state index is -0.255. The summed E-state index contributed by atoms with van der Waals surface area (Å²) in [7, 11) is 0. The molecule has 0 aromatic rings. The molecule has 1 fully saturated rings. The molecule has 2 unspecified atom stereocenters. The van der Waals surface area contributed by atoms with Gasteiger partial charge in [-0.1, -0.05) is 18.2 Å². The summed E-state index contributed by atoms with van der Waals surface area (Å²) in [4.78, 5) is 0. The highest BCUT2D eigenvalue weighted by Crippen LogP contribution is 2.31. The lowest BCUT2D eigenvalue weighted by Crippen LogP contribution is -2.39. The van der Waals surface area contributed by atoms with Gasteiger partial charge in [-0.2, -0.15) is 0 Å². The monoisotopic (exact) mass is 212 g/mol. The summed E-state index contributed by atoms with van der Waals surface area (Å²) in [5, 5.41) is 8.76. The van der Waals surface area contributed by atoms with Crippen LogP contribution < -0.4 is 0 Å². The second kappa shape index (κ2) is 6.05. The zero-order valence-corrected chi connectivity index (χ0v) is 9.32. The number of aliphatic hydroxyl groups is 1. The molecule has 1 heterocycles. The number of hydrogen-bond donors (Lipinski definition) is 1. The fraction of sp³-hybridized carbons (Fsp3) is 0.667. The third-order valence-corrected chi connectivity index (χ3v) is 2.66. The quantitative estimate of drug-likeness (QED) is 0.681. The highest BCUT2D eigenvalue weighted by atomic mass is 16.6. The molecule has 0 radical (unpaired) electrons. The van der Waals surface area contributed by atoms with E-state index in [1.54, 1.807) is 12.2 Å². The van der Waals surface area contributed by atoms with Crippen molar-refractivity contribution in [1.29, 1.82) is 0 Å². The van der Waals surface area contributed by atoms with Crippen molar-refractivity contribution in [3.05, 3.63) is 24.8 Å². The molecule has 1 saturated heterocycles. The molecule has 0 aromatic carbocycles. The maximum Gasteiger partial charge on any atom is 0.105 e. The first kappa shape index (κ1) is 12.4. The highest BCUT2D eigenvalue weighted by molar-refractivity contribution is 5.02. The lowest BCUT2D eigenvalue weighted by atomic mass is 9.95. The van der Waals surface area contributed by atoms with Crippen molar-refractivity contribution in [1.82, 2.24) is 0 Å². The molecular formula is C12H20O3. The maximum absolute atomic E-state index is 8.76. The van der Waals surface area contributed by atoms with Gasteiger partial charge in [0.15, 0.2) is 0 Å². The number of ether oxygens (including phenoxy) is 2. The van der Waals surface area contributed by atoms with Crippen molar-refractivity contribution in [2.75, 3.05) is 19.8 Å². The first-order valence-electron chi connectivity index (χ1n) is 5.37. The Morgan fingerprint density at radius 2 is 2.47 bits per heavy atom. The van der Waals surface area contributed by atoms with Crippen LogP contribution in [0.1, 0.15) is 19.8 Å². The molecule has 86 valence electrons. The minimum absolute atomic E-state index is 0.0318. The summed E-state index contributed by atoms with van der Waals surface area (Å²) in [5.74, 6) is 0. The lowest BCUT2D eigenvalue weighted by molar-refractivity contribution is -0.0817. The molecule has 15 heavy (non-hydrogen) atoms. The van der Waals surface area contributed by atoms with Crippen LogP contribution in [0, 0.1) is 0 Å². The molecule has 0 bridgehead atoms. The molecule has 1 aliphatic rings. The van der Waals surface area contributed by atoms with Gasteiger partial charge in [-0.25, -0.2) is 0 Å². The number of rotatable bonds is 6. The fourth-order valence-corrected chi connectivity index (χ4v) is 1.82. The van der Waals surface area contributed by atoms with Crippen LogP contribution in [0.3, 0.4) is 0 Å². The average molecular weight is 212 g/mol. The third kappa shape index (κ3) is 3.45. The zero-order chi connectivity index (χ0) is 11.1. The van der Waals surface area contributed by atoms with Crippen molar-refractivity contribution < 1.29 is 14.6 Å². The van der Waals surface area contributed by atoms with Gasteiger partial charge in [0.25, 0.3) is 0 Å². The molecule has 0 spiro atoms. The van der Waals surface area contributed by atoms with E-state index in [2.05, 4.69) is 13.5 Å². The van der Waals surface area contributed by atoms with E-state index >= 15 is 0 Å². The molecule has 3 heteroatoms. The minimum Gasteiger partial charge on any atom is -0.392 e. The molecule has 0 aromatic heterocycles. The lowest BCUT2D eigenvalue weighted by Gasteiger charge is -2.30. The Morgan fingerprint density at radius 3 is 3.00 bits per heavy atom. The first-order valence-corrected chi connectivity index (χ1v) is 5.37. The first-order chi connectivity index (χ1) is 7.23. The van der Waals surface area contributed by atoms with Crippen LogP contribution in [0.5, 0.6) is 0 Å². The summed E-state index contributed by atoms with van der Waals surface area (Å²) in [5.41, 5.74) is -0.255. The molecule has 0 saturated carbocycles. The van der Waals surface area contributed by atoms with E-state index in [4.69, 9.17) is 14.6 Å². The Labute approximate surface area is 91.4 Å².